The molecule has 1 amide bonds. The molecule has 4 rings (SSSR count). The lowest BCUT2D eigenvalue weighted by atomic mass is 9.87. The molecule has 6 heteroatoms. The third kappa shape index (κ3) is 2.61. The molecule has 0 aliphatic carbocycles. The topological polar surface area (TPSA) is 71.2 Å². The summed E-state index contributed by atoms with van der Waals surface area (Å²) in [5.41, 5.74) is 3.32. The molecule has 2 N–H and O–H groups in total. The minimum absolute atomic E-state index is 0.257. The second kappa shape index (κ2) is 6.39. The lowest BCUT2D eigenvalue weighted by Gasteiger charge is -2.14. The maximum Gasteiger partial charge on any atom is 0.340 e. The van der Waals surface area contributed by atoms with E-state index in [0.29, 0.717) is 28.2 Å². The van der Waals surface area contributed by atoms with Gasteiger partial charge in [0.1, 0.15) is 5.82 Å². The number of aromatic amines is 1. The summed E-state index contributed by atoms with van der Waals surface area (Å²) in [7, 11) is 1.28. The van der Waals surface area contributed by atoms with E-state index in [1.54, 1.807) is 31.2 Å². The van der Waals surface area contributed by atoms with Gasteiger partial charge in [0.05, 0.1) is 24.3 Å². The minimum Gasteiger partial charge on any atom is -0.465 e. The average molecular weight is 364 g/mol. The highest BCUT2D eigenvalue weighted by atomic mass is 19.1. The quantitative estimate of drug-likeness (QED) is 0.690. The molecule has 1 aliphatic heterocycles. The number of aromatic nitrogens is 1. The largest absolute Gasteiger partial charge is 0.465 e. The minimum atomic E-state index is -0.741. The normalized spacial score (nSPS) is 15.4. The molecule has 0 saturated heterocycles. The highest BCUT2D eigenvalue weighted by Gasteiger charge is 2.38. The molecule has 0 radical (unpaired) electrons. The second-order valence-corrected chi connectivity index (χ2v) is 6.39. The Hall–Kier alpha value is -3.41. The summed E-state index contributed by atoms with van der Waals surface area (Å²) in [4.78, 5) is 28.4. The molecule has 1 aliphatic rings. The molecule has 2 heterocycles. The highest BCUT2D eigenvalue weighted by molar-refractivity contribution is 6.08. The summed E-state index contributed by atoms with van der Waals surface area (Å²) in [5, 5.41) is 2.83. The number of nitrogens with one attached hydrogen (secondary N) is 2. The molecule has 0 bridgehead atoms. The van der Waals surface area contributed by atoms with Crippen LogP contribution in [0, 0.1) is 12.7 Å². The monoisotopic (exact) mass is 364 g/mol. The molecule has 1 atom stereocenters. The Morgan fingerprint density at radius 1 is 1.11 bits per heavy atom. The Balaban J connectivity index is 2.03. The number of esters is 1. The summed E-state index contributed by atoms with van der Waals surface area (Å²) in [5.74, 6) is -2.02. The summed E-state index contributed by atoms with van der Waals surface area (Å²) in [6.07, 6.45) is 0. The highest BCUT2D eigenvalue weighted by Crippen LogP contribution is 2.44. The van der Waals surface area contributed by atoms with E-state index in [-0.39, 0.29) is 11.5 Å². The summed E-state index contributed by atoms with van der Waals surface area (Å²) in [6, 6.07) is 13.5. The third-order valence-corrected chi connectivity index (χ3v) is 4.84. The first kappa shape index (κ1) is 17.0. The molecule has 2 aromatic carbocycles. The number of para-hydroxylation sites is 1. The number of aryl methyl sites for hydroxylation is 1. The van der Waals surface area contributed by atoms with Gasteiger partial charge in [0.2, 0.25) is 5.91 Å². The van der Waals surface area contributed by atoms with E-state index in [0.717, 1.165) is 5.56 Å². The fraction of sp³-hybridized carbons (Fsp3) is 0.143. The van der Waals surface area contributed by atoms with Crippen LogP contribution in [0.25, 0.3) is 11.3 Å². The van der Waals surface area contributed by atoms with Gasteiger partial charge >= 0.3 is 5.97 Å². The first-order valence-corrected chi connectivity index (χ1v) is 8.48. The van der Waals surface area contributed by atoms with Crippen LogP contribution in [0.4, 0.5) is 10.1 Å². The van der Waals surface area contributed by atoms with Gasteiger partial charge in [0, 0.05) is 22.5 Å². The molecule has 27 heavy (non-hydrogen) atoms. The van der Waals surface area contributed by atoms with Crippen LogP contribution in [-0.4, -0.2) is 24.0 Å². The number of halogens is 1. The smallest absolute Gasteiger partial charge is 0.340 e. The van der Waals surface area contributed by atoms with E-state index in [2.05, 4.69) is 10.3 Å². The van der Waals surface area contributed by atoms with Crippen LogP contribution < -0.4 is 5.32 Å². The van der Waals surface area contributed by atoms with Crippen LogP contribution in [0.3, 0.4) is 0 Å². The lowest BCUT2D eigenvalue weighted by molar-refractivity contribution is -0.116. The molecular formula is C21H17FN2O3. The second-order valence-electron chi connectivity index (χ2n) is 6.39. The van der Waals surface area contributed by atoms with Gasteiger partial charge in [-0.25, -0.2) is 9.18 Å². The number of benzene rings is 2. The van der Waals surface area contributed by atoms with Gasteiger partial charge in [-0.05, 0) is 30.7 Å². The zero-order valence-corrected chi connectivity index (χ0v) is 14.8. The van der Waals surface area contributed by atoms with Crippen molar-refractivity contribution in [2.45, 2.75) is 12.8 Å². The van der Waals surface area contributed by atoms with Crippen molar-refractivity contribution in [3.8, 4) is 11.3 Å². The standard InChI is InChI=1S/C21H17FN2O3/c1-11-16(21(26)27-2)18(19(23-11)12-7-3-5-9-14(12)22)17-13-8-4-6-10-15(13)24-20(17)25/h3-10,17,23H,1-2H3,(H,24,25). The van der Waals surface area contributed by atoms with Gasteiger partial charge in [0.15, 0.2) is 0 Å². The lowest BCUT2D eigenvalue weighted by Crippen LogP contribution is -2.17. The van der Waals surface area contributed by atoms with Gasteiger partial charge in [0.25, 0.3) is 0 Å². The van der Waals surface area contributed by atoms with Crippen molar-refractivity contribution >= 4 is 17.6 Å². The first-order valence-electron chi connectivity index (χ1n) is 8.48. The molecule has 0 spiro atoms. The fourth-order valence-corrected chi connectivity index (χ4v) is 3.67. The van der Waals surface area contributed by atoms with E-state index < -0.39 is 17.7 Å². The van der Waals surface area contributed by atoms with Crippen LogP contribution in [0.2, 0.25) is 0 Å². The van der Waals surface area contributed by atoms with E-state index in [4.69, 9.17) is 4.74 Å². The Morgan fingerprint density at radius 3 is 2.56 bits per heavy atom. The van der Waals surface area contributed by atoms with Crippen LogP contribution >= 0.6 is 0 Å². The maximum atomic E-state index is 14.5. The molecule has 136 valence electrons. The zero-order valence-electron chi connectivity index (χ0n) is 14.8. The third-order valence-electron chi connectivity index (χ3n) is 4.84. The van der Waals surface area contributed by atoms with Crippen LogP contribution in [0.5, 0.6) is 0 Å². The van der Waals surface area contributed by atoms with Crippen molar-refractivity contribution in [1.29, 1.82) is 0 Å². The molecule has 0 saturated carbocycles. The zero-order chi connectivity index (χ0) is 19.1. The SMILES string of the molecule is COC(=O)c1c(C)[nH]c(-c2ccccc2F)c1C1C(=O)Nc2ccccc21. The molecule has 5 nitrogen and oxygen atoms in total. The molecular weight excluding hydrogens is 347 g/mol. The number of hydrogen-bond acceptors (Lipinski definition) is 3. The van der Waals surface area contributed by atoms with E-state index in [1.165, 1.54) is 13.2 Å². The van der Waals surface area contributed by atoms with Crippen LogP contribution in [0.1, 0.15) is 33.1 Å². The van der Waals surface area contributed by atoms with Crippen molar-refractivity contribution < 1.29 is 18.7 Å². The molecule has 1 unspecified atom stereocenters. The van der Waals surface area contributed by atoms with E-state index in [1.807, 2.05) is 18.2 Å². The molecule has 3 aromatic rings. The van der Waals surface area contributed by atoms with Gasteiger partial charge in [-0.15, -0.1) is 0 Å². The van der Waals surface area contributed by atoms with E-state index >= 15 is 0 Å². The number of amides is 1. The first-order chi connectivity index (χ1) is 13.0. The predicted octanol–water partition coefficient (Wildman–Crippen LogP) is 4.00. The van der Waals surface area contributed by atoms with Crippen LogP contribution in [0.15, 0.2) is 48.5 Å². The van der Waals surface area contributed by atoms with Gasteiger partial charge in [-0.2, -0.15) is 0 Å². The van der Waals surface area contributed by atoms with Crippen molar-refractivity contribution in [2.75, 3.05) is 12.4 Å². The summed E-state index contributed by atoms with van der Waals surface area (Å²) < 4.78 is 19.5. The fourth-order valence-electron chi connectivity index (χ4n) is 3.67. The van der Waals surface area contributed by atoms with Crippen molar-refractivity contribution in [3.05, 3.63) is 76.7 Å². The average Bonchev–Trinajstić information content (AvgIpc) is 3.17. The Labute approximate surface area is 155 Å². The number of H-pyrrole nitrogens is 1. The number of ether oxygens (including phenoxy) is 1. The number of rotatable bonds is 3. The number of hydrogen-bond donors (Lipinski definition) is 2. The van der Waals surface area contributed by atoms with E-state index in [9.17, 15) is 14.0 Å². The van der Waals surface area contributed by atoms with Gasteiger partial charge in [-0.3, -0.25) is 4.79 Å². The number of carbonyl (C=O) groups excluding carboxylic acids is 2. The van der Waals surface area contributed by atoms with Crippen molar-refractivity contribution in [2.24, 2.45) is 0 Å². The molecule has 1 aromatic heterocycles. The predicted molar refractivity (Wildman–Crippen MR) is 99.2 cm³/mol. The number of fused-ring (bicyclic) bond motifs is 1. The molecule has 0 fully saturated rings. The van der Waals surface area contributed by atoms with Crippen molar-refractivity contribution in [1.82, 2.24) is 4.98 Å². The summed E-state index contributed by atoms with van der Waals surface area (Å²) >= 11 is 0. The Morgan fingerprint density at radius 2 is 1.81 bits per heavy atom. The Kier molecular flexibility index (Phi) is 4.03. The van der Waals surface area contributed by atoms with Crippen LogP contribution in [-0.2, 0) is 9.53 Å². The number of anilines is 1. The Bertz CT molecular complexity index is 1070. The van der Waals surface area contributed by atoms with Crippen molar-refractivity contribution in [3.63, 3.8) is 0 Å². The number of methoxy groups -OCH3 is 1. The number of carbonyl (C=O) groups is 2. The maximum absolute atomic E-state index is 14.5. The van der Waals surface area contributed by atoms with Gasteiger partial charge < -0.3 is 15.0 Å². The van der Waals surface area contributed by atoms with Gasteiger partial charge in [-0.1, -0.05) is 30.3 Å². The summed E-state index contributed by atoms with van der Waals surface area (Å²) in [6.45, 7) is 1.71.